The van der Waals surface area contributed by atoms with Crippen LogP contribution in [0.5, 0.6) is 0 Å². The molecule has 0 bridgehead atoms. The van der Waals surface area contributed by atoms with Crippen molar-refractivity contribution in [1.29, 1.82) is 0 Å². The summed E-state index contributed by atoms with van der Waals surface area (Å²) >= 11 is 8.16. The third kappa shape index (κ3) is 12.2. The smallest absolute Gasteiger partial charge is 0.313 e. The van der Waals surface area contributed by atoms with E-state index in [1.807, 2.05) is 55.9 Å². The second-order valence-electron chi connectivity index (χ2n) is 14.5. The van der Waals surface area contributed by atoms with Gasteiger partial charge in [0.25, 0.3) is 0 Å². The Morgan fingerprint density at radius 2 is 1.79 bits per heavy atom. The van der Waals surface area contributed by atoms with Gasteiger partial charge in [-0.25, -0.2) is 4.98 Å². The van der Waals surface area contributed by atoms with Gasteiger partial charge < -0.3 is 9.84 Å². The Bertz CT molecular complexity index is 1680. The minimum absolute atomic E-state index is 0.107. The Labute approximate surface area is 298 Å². The third-order valence-electron chi connectivity index (χ3n) is 8.55. The first-order valence-corrected chi connectivity index (χ1v) is 22.4. The van der Waals surface area contributed by atoms with E-state index in [9.17, 15) is 9.90 Å². The highest BCUT2D eigenvalue weighted by Gasteiger charge is 2.24. The second kappa shape index (κ2) is 17.7. The zero-order valence-electron chi connectivity index (χ0n) is 29.5. The molecule has 0 fully saturated rings. The largest absolute Gasteiger partial charge is 0.466 e. The van der Waals surface area contributed by atoms with Crippen LogP contribution in [0.4, 0.5) is 0 Å². The first kappa shape index (κ1) is 37.9. The van der Waals surface area contributed by atoms with Gasteiger partial charge in [0.2, 0.25) is 0 Å². The lowest BCUT2D eigenvalue weighted by atomic mass is 9.89. The molecule has 1 aromatic heterocycles. The number of rotatable bonds is 17. The van der Waals surface area contributed by atoms with Crippen LogP contribution in [0.25, 0.3) is 23.1 Å². The monoisotopic (exact) mass is 701 g/mol. The average molecular weight is 702 g/mol. The van der Waals surface area contributed by atoms with Crippen LogP contribution in [-0.2, 0) is 16.0 Å². The number of hydrogen-bond donors (Lipinski definition) is 1. The molecule has 0 spiro atoms. The van der Waals surface area contributed by atoms with Crippen LogP contribution in [0.2, 0.25) is 30.7 Å². The summed E-state index contributed by atoms with van der Waals surface area (Å²) in [4.78, 5) is 18.0. The number of aromatic nitrogens is 1. The first-order valence-electron chi connectivity index (χ1n) is 17.2. The number of ether oxygens (including phenoxy) is 1. The van der Waals surface area contributed by atoms with E-state index >= 15 is 0 Å². The van der Waals surface area contributed by atoms with Gasteiger partial charge in [-0.3, -0.25) is 4.79 Å². The van der Waals surface area contributed by atoms with E-state index in [2.05, 4.69) is 87.2 Å². The van der Waals surface area contributed by atoms with Gasteiger partial charge in [0, 0.05) is 23.7 Å². The number of carbonyl (C=O) groups is 1. The SMILES string of the molecule is CC[C@@H](C(=O)OCC[Si](C)(C)C)c1ccccc1CC[C@H](SCCCC(C)(C)O)c1cccc(C=Cc2ccc3ccc(Cl)cc3n2)c1. The molecular formula is C41H52ClNO3SSi. The maximum absolute atomic E-state index is 13.3. The van der Waals surface area contributed by atoms with Crippen LogP contribution < -0.4 is 0 Å². The lowest BCUT2D eigenvalue weighted by Gasteiger charge is -2.22. The van der Waals surface area contributed by atoms with Crippen molar-refractivity contribution >= 4 is 60.5 Å². The second-order valence-corrected chi connectivity index (χ2v) is 21.9. The zero-order valence-corrected chi connectivity index (χ0v) is 32.0. The lowest BCUT2D eigenvalue weighted by molar-refractivity contribution is -0.145. The Morgan fingerprint density at radius 1 is 1.02 bits per heavy atom. The molecule has 0 aliphatic heterocycles. The molecule has 1 N–H and O–H groups in total. The molecule has 0 radical (unpaired) electrons. The number of carbonyl (C=O) groups excluding carboxylic acids is 1. The van der Waals surface area contributed by atoms with Gasteiger partial charge in [0.15, 0.2) is 0 Å². The van der Waals surface area contributed by atoms with Crippen LogP contribution >= 0.6 is 23.4 Å². The Balaban J connectivity index is 1.52. The van der Waals surface area contributed by atoms with Crippen LogP contribution in [0.15, 0.2) is 78.9 Å². The summed E-state index contributed by atoms with van der Waals surface area (Å²) in [6, 6.07) is 28.0. The Morgan fingerprint density at radius 3 is 2.54 bits per heavy atom. The molecule has 4 rings (SSSR count). The molecule has 0 unspecified atom stereocenters. The summed E-state index contributed by atoms with van der Waals surface area (Å²) in [5, 5.41) is 12.3. The summed E-state index contributed by atoms with van der Waals surface area (Å²) in [6.07, 6.45) is 8.39. The molecule has 0 amide bonds. The van der Waals surface area contributed by atoms with Crippen molar-refractivity contribution in [3.05, 3.63) is 112 Å². The third-order valence-corrected chi connectivity index (χ3v) is 11.9. The molecule has 0 aliphatic carbocycles. The van der Waals surface area contributed by atoms with Crippen molar-refractivity contribution in [1.82, 2.24) is 4.98 Å². The number of nitrogens with zero attached hydrogens (tertiary/aromatic N) is 1. The molecule has 4 aromatic rings. The minimum Gasteiger partial charge on any atom is -0.466 e. The van der Waals surface area contributed by atoms with E-state index in [4.69, 9.17) is 21.3 Å². The summed E-state index contributed by atoms with van der Waals surface area (Å²) in [5.74, 6) is 0.596. The van der Waals surface area contributed by atoms with Crippen molar-refractivity contribution in [3.8, 4) is 0 Å². The molecule has 0 saturated heterocycles. The topological polar surface area (TPSA) is 59.4 Å². The molecule has 7 heteroatoms. The van der Waals surface area contributed by atoms with Crippen LogP contribution in [0.3, 0.4) is 0 Å². The predicted molar refractivity (Wildman–Crippen MR) is 210 cm³/mol. The number of fused-ring (bicyclic) bond motifs is 1. The maximum atomic E-state index is 13.3. The fourth-order valence-corrected chi connectivity index (χ4v) is 7.88. The van der Waals surface area contributed by atoms with Gasteiger partial charge >= 0.3 is 5.97 Å². The highest BCUT2D eigenvalue weighted by atomic mass is 35.5. The van der Waals surface area contributed by atoms with E-state index in [0.717, 1.165) is 65.2 Å². The van der Waals surface area contributed by atoms with Gasteiger partial charge in [0.05, 0.1) is 29.3 Å². The van der Waals surface area contributed by atoms with Crippen molar-refractivity contribution in [2.75, 3.05) is 12.4 Å². The minimum atomic E-state index is -1.29. The molecule has 0 aliphatic rings. The first-order chi connectivity index (χ1) is 22.8. The average Bonchev–Trinajstić information content (AvgIpc) is 3.03. The molecule has 4 nitrogen and oxygen atoms in total. The Hall–Kier alpha value is -2.90. The van der Waals surface area contributed by atoms with E-state index < -0.39 is 13.7 Å². The van der Waals surface area contributed by atoms with Crippen molar-refractivity contribution in [2.45, 2.75) is 95.3 Å². The highest BCUT2D eigenvalue weighted by molar-refractivity contribution is 7.99. The number of pyridine rings is 1. The number of thioether (sulfide) groups is 1. The number of hydrogen-bond acceptors (Lipinski definition) is 5. The Kier molecular flexibility index (Phi) is 13.9. The maximum Gasteiger partial charge on any atom is 0.313 e. The number of aliphatic hydroxyl groups is 1. The van der Waals surface area contributed by atoms with Gasteiger partial charge in [0.1, 0.15) is 0 Å². The number of esters is 1. The van der Waals surface area contributed by atoms with Crippen LogP contribution in [0.1, 0.15) is 85.6 Å². The summed E-state index contributed by atoms with van der Waals surface area (Å²) < 4.78 is 5.82. The molecule has 48 heavy (non-hydrogen) atoms. The molecule has 1 heterocycles. The molecule has 0 saturated carbocycles. The summed E-state index contributed by atoms with van der Waals surface area (Å²) in [5.41, 5.74) is 5.80. The van der Waals surface area contributed by atoms with Crippen LogP contribution in [0, 0.1) is 0 Å². The number of benzene rings is 3. The van der Waals surface area contributed by atoms with Gasteiger partial charge in [-0.2, -0.15) is 11.8 Å². The fourth-order valence-electron chi connectivity index (χ4n) is 5.78. The van der Waals surface area contributed by atoms with Crippen molar-refractivity contribution < 1.29 is 14.6 Å². The predicted octanol–water partition coefficient (Wildman–Crippen LogP) is 11.4. The van der Waals surface area contributed by atoms with Gasteiger partial charge in [-0.1, -0.05) is 105 Å². The summed E-state index contributed by atoms with van der Waals surface area (Å²) in [7, 11) is -1.29. The molecule has 3 aromatic carbocycles. The standard InChI is InChI=1S/C41H52ClNO3SSi/c1-7-36(40(44)46-25-27-48(4,5)6)37-15-9-8-13-31(37)19-23-39(47-26-11-24-41(2,3)45)33-14-10-12-30(28-33)16-21-35-22-18-32-17-20-34(42)29-38(32)43-35/h8-10,12-18,20-22,28-29,36,39,45H,7,11,19,23-27H2,1-6H3/t36-,39+/m1/s1. The molecule has 256 valence electrons. The number of aryl methyl sites for hydroxylation is 1. The van der Waals surface area contributed by atoms with Crippen molar-refractivity contribution in [3.63, 3.8) is 0 Å². The summed E-state index contributed by atoms with van der Waals surface area (Å²) in [6.45, 7) is 13.2. The van der Waals surface area contributed by atoms with E-state index in [1.54, 1.807) is 0 Å². The van der Waals surface area contributed by atoms with Gasteiger partial charge in [-0.05, 0) is 104 Å². The van der Waals surface area contributed by atoms with Crippen LogP contribution in [-0.4, -0.2) is 42.1 Å². The van der Waals surface area contributed by atoms with E-state index in [1.165, 1.54) is 11.1 Å². The lowest BCUT2D eigenvalue weighted by Crippen LogP contribution is -2.24. The molecule has 2 atom stereocenters. The number of halogens is 1. The van der Waals surface area contributed by atoms with Crippen molar-refractivity contribution in [2.24, 2.45) is 0 Å². The van der Waals surface area contributed by atoms with E-state index in [-0.39, 0.29) is 17.1 Å². The zero-order chi connectivity index (χ0) is 34.7. The highest BCUT2D eigenvalue weighted by Crippen LogP contribution is 2.36. The van der Waals surface area contributed by atoms with E-state index in [0.29, 0.717) is 18.1 Å². The fraction of sp³-hybridized carbons (Fsp3) is 0.415. The normalized spacial score (nSPS) is 13.6. The molecular weight excluding hydrogens is 650 g/mol. The quantitative estimate of drug-likeness (QED) is 0.0674. The van der Waals surface area contributed by atoms with Gasteiger partial charge in [-0.15, -0.1) is 0 Å².